The van der Waals surface area contributed by atoms with E-state index in [0.29, 0.717) is 0 Å². The Hall–Kier alpha value is -0.570. The summed E-state index contributed by atoms with van der Waals surface area (Å²) in [5.74, 6) is -0.196. The lowest BCUT2D eigenvalue weighted by Crippen LogP contribution is -2.34. The molecule has 1 aliphatic rings. The zero-order chi connectivity index (χ0) is 8.27. The third-order valence-electron chi connectivity index (χ3n) is 2.51. The number of carbonyl (C=O) groups is 1. The van der Waals surface area contributed by atoms with Crippen LogP contribution in [0.2, 0.25) is 0 Å². The first-order valence-corrected chi connectivity index (χ1v) is 4.16. The van der Waals surface area contributed by atoms with Gasteiger partial charge in [-0.2, -0.15) is 0 Å². The minimum absolute atomic E-state index is 0.0752. The summed E-state index contributed by atoms with van der Waals surface area (Å²) in [6.07, 6.45) is 4.00. The van der Waals surface area contributed by atoms with Crippen molar-refractivity contribution < 1.29 is 9.90 Å². The number of primary amides is 1. The van der Waals surface area contributed by atoms with E-state index in [2.05, 4.69) is 0 Å². The Labute approximate surface area is 66.6 Å². The second kappa shape index (κ2) is 3.72. The van der Waals surface area contributed by atoms with Gasteiger partial charge in [0.05, 0.1) is 0 Å². The summed E-state index contributed by atoms with van der Waals surface area (Å²) in [5.41, 5.74) is 5.18. The molecule has 0 radical (unpaired) electrons. The molecule has 0 saturated heterocycles. The summed E-state index contributed by atoms with van der Waals surface area (Å²) in [7, 11) is 0. The van der Waals surface area contributed by atoms with Gasteiger partial charge >= 0.3 is 0 Å². The van der Waals surface area contributed by atoms with E-state index in [4.69, 9.17) is 10.8 Å². The molecule has 1 aliphatic carbocycles. The Balaban J connectivity index is 2.51. The standard InChI is InChI=1S/C8H15NO2/c9-8(11)7-4-2-1-3-6(7)5-10/h6-7,10H,1-5H2,(H2,9,11)/t6-,7+/m0/s1. The maximum Gasteiger partial charge on any atom is 0.220 e. The fourth-order valence-electron chi connectivity index (χ4n) is 1.80. The minimum Gasteiger partial charge on any atom is -0.396 e. The summed E-state index contributed by atoms with van der Waals surface area (Å²) in [4.78, 5) is 10.8. The Morgan fingerprint density at radius 1 is 1.45 bits per heavy atom. The van der Waals surface area contributed by atoms with Crippen LogP contribution in [0.15, 0.2) is 0 Å². The molecule has 1 amide bonds. The molecule has 3 nitrogen and oxygen atoms in total. The van der Waals surface area contributed by atoms with Crippen molar-refractivity contribution in [2.75, 3.05) is 6.61 Å². The highest BCUT2D eigenvalue weighted by molar-refractivity contribution is 5.77. The van der Waals surface area contributed by atoms with Gasteiger partial charge in [0.25, 0.3) is 0 Å². The maximum atomic E-state index is 10.8. The molecule has 3 heteroatoms. The summed E-state index contributed by atoms with van der Waals surface area (Å²) in [5, 5.41) is 8.90. The number of nitrogens with two attached hydrogens (primary N) is 1. The van der Waals surface area contributed by atoms with Crippen molar-refractivity contribution in [2.24, 2.45) is 17.6 Å². The van der Waals surface area contributed by atoms with Crippen LogP contribution >= 0.6 is 0 Å². The van der Waals surface area contributed by atoms with Crippen molar-refractivity contribution in [2.45, 2.75) is 25.7 Å². The fraction of sp³-hybridized carbons (Fsp3) is 0.875. The van der Waals surface area contributed by atoms with Gasteiger partial charge in [0.2, 0.25) is 5.91 Å². The first-order valence-electron chi connectivity index (χ1n) is 4.16. The number of carbonyl (C=O) groups excluding carboxylic acids is 1. The van der Waals surface area contributed by atoms with E-state index in [-0.39, 0.29) is 24.3 Å². The van der Waals surface area contributed by atoms with Crippen molar-refractivity contribution in [3.63, 3.8) is 0 Å². The normalized spacial score (nSPS) is 31.7. The topological polar surface area (TPSA) is 63.3 Å². The molecule has 0 unspecified atom stereocenters. The van der Waals surface area contributed by atoms with Gasteiger partial charge in [-0.15, -0.1) is 0 Å². The van der Waals surface area contributed by atoms with Gasteiger partial charge in [0, 0.05) is 12.5 Å². The minimum atomic E-state index is -0.247. The predicted molar refractivity (Wildman–Crippen MR) is 41.7 cm³/mol. The van der Waals surface area contributed by atoms with Crippen LogP contribution in [-0.2, 0) is 4.79 Å². The van der Waals surface area contributed by atoms with Crippen LogP contribution in [0.3, 0.4) is 0 Å². The molecule has 0 aromatic carbocycles. The lowest BCUT2D eigenvalue weighted by Gasteiger charge is -2.27. The Morgan fingerprint density at radius 3 is 2.55 bits per heavy atom. The number of amides is 1. The summed E-state index contributed by atoms with van der Waals surface area (Å²) in [6, 6.07) is 0. The van der Waals surface area contributed by atoms with Gasteiger partial charge in [0.15, 0.2) is 0 Å². The zero-order valence-electron chi connectivity index (χ0n) is 6.62. The molecule has 3 N–H and O–H groups in total. The van der Waals surface area contributed by atoms with E-state index in [1.807, 2.05) is 0 Å². The van der Waals surface area contributed by atoms with Crippen LogP contribution in [0.5, 0.6) is 0 Å². The zero-order valence-corrected chi connectivity index (χ0v) is 6.62. The van der Waals surface area contributed by atoms with E-state index in [9.17, 15) is 4.79 Å². The molecule has 0 bridgehead atoms. The maximum absolute atomic E-state index is 10.8. The molecule has 1 rings (SSSR count). The molecule has 1 fully saturated rings. The van der Waals surface area contributed by atoms with Crippen molar-refractivity contribution in [3.8, 4) is 0 Å². The van der Waals surface area contributed by atoms with Gasteiger partial charge in [-0.25, -0.2) is 0 Å². The van der Waals surface area contributed by atoms with E-state index >= 15 is 0 Å². The van der Waals surface area contributed by atoms with E-state index in [1.54, 1.807) is 0 Å². The van der Waals surface area contributed by atoms with Crippen molar-refractivity contribution in [1.29, 1.82) is 0 Å². The second-order valence-electron chi connectivity index (χ2n) is 3.24. The molecule has 0 aliphatic heterocycles. The summed E-state index contributed by atoms with van der Waals surface area (Å²) >= 11 is 0. The molecule has 2 atom stereocenters. The molecule has 1 saturated carbocycles. The first-order chi connectivity index (χ1) is 5.25. The monoisotopic (exact) mass is 157 g/mol. The average Bonchev–Trinajstić information content (AvgIpc) is 2.04. The highest BCUT2D eigenvalue weighted by atomic mass is 16.3. The van der Waals surface area contributed by atoms with Crippen LogP contribution in [0.25, 0.3) is 0 Å². The van der Waals surface area contributed by atoms with Crippen LogP contribution in [0, 0.1) is 11.8 Å². The van der Waals surface area contributed by atoms with E-state index in [1.165, 1.54) is 0 Å². The van der Waals surface area contributed by atoms with E-state index < -0.39 is 0 Å². The summed E-state index contributed by atoms with van der Waals surface area (Å²) < 4.78 is 0. The van der Waals surface area contributed by atoms with Crippen molar-refractivity contribution in [3.05, 3.63) is 0 Å². The highest BCUT2D eigenvalue weighted by Crippen LogP contribution is 2.29. The van der Waals surface area contributed by atoms with Gasteiger partial charge in [-0.05, 0) is 18.8 Å². The fourth-order valence-corrected chi connectivity index (χ4v) is 1.80. The lowest BCUT2D eigenvalue weighted by atomic mass is 9.79. The molecule has 11 heavy (non-hydrogen) atoms. The summed E-state index contributed by atoms with van der Waals surface area (Å²) in [6.45, 7) is 0.105. The highest BCUT2D eigenvalue weighted by Gasteiger charge is 2.28. The van der Waals surface area contributed by atoms with Crippen molar-refractivity contribution >= 4 is 5.91 Å². The number of hydrogen-bond acceptors (Lipinski definition) is 2. The van der Waals surface area contributed by atoms with Crippen molar-refractivity contribution in [1.82, 2.24) is 0 Å². The Kier molecular flexibility index (Phi) is 2.88. The first kappa shape index (κ1) is 8.53. The molecule has 0 aromatic rings. The molecule has 0 heterocycles. The third kappa shape index (κ3) is 1.93. The second-order valence-corrected chi connectivity index (χ2v) is 3.24. The number of hydrogen-bond donors (Lipinski definition) is 2. The molecule has 0 aromatic heterocycles. The Morgan fingerprint density at radius 2 is 2.09 bits per heavy atom. The lowest BCUT2D eigenvalue weighted by molar-refractivity contribution is -0.125. The number of aliphatic hydroxyl groups excluding tert-OH is 1. The van der Waals surface area contributed by atoms with Crippen LogP contribution in [0.4, 0.5) is 0 Å². The number of aliphatic hydroxyl groups is 1. The number of rotatable bonds is 2. The van der Waals surface area contributed by atoms with Crippen LogP contribution in [-0.4, -0.2) is 17.6 Å². The third-order valence-corrected chi connectivity index (χ3v) is 2.51. The smallest absolute Gasteiger partial charge is 0.220 e. The Bertz CT molecular complexity index is 147. The van der Waals surface area contributed by atoms with Crippen LogP contribution < -0.4 is 5.73 Å². The van der Waals surface area contributed by atoms with Gasteiger partial charge in [-0.1, -0.05) is 12.8 Å². The quantitative estimate of drug-likeness (QED) is 0.604. The van der Waals surface area contributed by atoms with Gasteiger partial charge in [0.1, 0.15) is 0 Å². The van der Waals surface area contributed by atoms with E-state index in [0.717, 1.165) is 25.7 Å². The molecule has 0 spiro atoms. The van der Waals surface area contributed by atoms with Crippen LogP contribution in [0.1, 0.15) is 25.7 Å². The molecule has 64 valence electrons. The SMILES string of the molecule is NC(=O)[C@@H]1CCCC[C@H]1CO. The van der Waals surface area contributed by atoms with Gasteiger partial charge in [-0.3, -0.25) is 4.79 Å². The predicted octanol–water partition coefficient (Wildman–Crippen LogP) is 0.270. The average molecular weight is 157 g/mol. The molecular formula is C8H15NO2. The van der Waals surface area contributed by atoms with Gasteiger partial charge < -0.3 is 10.8 Å². The largest absolute Gasteiger partial charge is 0.396 e. The molecular weight excluding hydrogens is 142 g/mol.